The first-order valence-corrected chi connectivity index (χ1v) is 4.05. The second-order valence-electron chi connectivity index (χ2n) is 1.88. The molecule has 0 aliphatic heterocycles. The maximum absolute atomic E-state index is 12.2. The summed E-state index contributed by atoms with van der Waals surface area (Å²) in [5, 5.41) is 0. The normalized spacial score (nSPS) is 11.6. The third-order valence-electron chi connectivity index (χ3n) is 1.05. The summed E-state index contributed by atoms with van der Waals surface area (Å²) in [6.07, 6.45) is 0.397. The molecule has 0 aliphatic carbocycles. The van der Waals surface area contributed by atoms with Gasteiger partial charge < -0.3 is 0 Å². The predicted octanol–water partition coefficient (Wildman–Crippen LogP) is 1.02. The Morgan fingerprint density at radius 2 is 1.92 bits per heavy atom. The summed E-state index contributed by atoms with van der Waals surface area (Å²) >= 11 is 0. The Kier molecular flexibility index (Phi) is 2.05. The molecule has 1 heterocycles. The van der Waals surface area contributed by atoms with E-state index in [0.717, 1.165) is 0 Å². The molecular formula is C5H2F3NO2S. The third-order valence-corrected chi connectivity index (χ3v) is 1.84. The van der Waals surface area contributed by atoms with Gasteiger partial charge in [0.1, 0.15) is 4.90 Å². The molecule has 0 fully saturated rings. The van der Waals surface area contributed by atoms with Gasteiger partial charge in [-0.15, -0.1) is 3.89 Å². The molecule has 0 saturated heterocycles. The van der Waals surface area contributed by atoms with Gasteiger partial charge in [-0.2, -0.15) is 12.8 Å². The number of hydrogen-bond donors (Lipinski definition) is 0. The summed E-state index contributed by atoms with van der Waals surface area (Å²) < 4.78 is 56.6. The minimum atomic E-state index is -5.01. The van der Waals surface area contributed by atoms with Crippen molar-refractivity contribution in [2.24, 2.45) is 0 Å². The SMILES string of the molecule is O=S(=O)(F)c1cnc(F)c(F)c1. The zero-order chi connectivity index (χ0) is 9.35. The minimum Gasteiger partial charge on any atom is -0.224 e. The first kappa shape index (κ1) is 8.98. The van der Waals surface area contributed by atoms with E-state index in [1.165, 1.54) is 0 Å². The van der Waals surface area contributed by atoms with Crippen molar-refractivity contribution in [2.45, 2.75) is 4.90 Å². The van der Waals surface area contributed by atoms with Gasteiger partial charge in [-0.1, -0.05) is 0 Å². The van der Waals surface area contributed by atoms with E-state index in [4.69, 9.17) is 0 Å². The zero-order valence-electron chi connectivity index (χ0n) is 5.46. The lowest BCUT2D eigenvalue weighted by Gasteiger charge is -1.94. The van der Waals surface area contributed by atoms with Crippen molar-refractivity contribution in [1.82, 2.24) is 4.98 Å². The van der Waals surface area contributed by atoms with Crippen molar-refractivity contribution >= 4 is 10.2 Å². The van der Waals surface area contributed by atoms with E-state index in [9.17, 15) is 21.1 Å². The lowest BCUT2D eigenvalue weighted by Crippen LogP contribution is -1.97. The first-order chi connectivity index (χ1) is 5.41. The van der Waals surface area contributed by atoms with Crippen molar-refractivity contribution in [3.63, 3.8) is 0 Å². The summed E-state index contributed by atoms with van der Waals surface area (Å²) in [5.74, 6) is -2.98. The highest BCUT2D eigenvalue weighted by molar-refractivity contribution is 7.86. The summed E-state index contributed by atoms with van der Waals surface area (Å²) in [7, 11) is -5.01. The van der Waals surface area contributed by atoms with Crippen LogP contribution in [0.15, 0.2) is 17.2 Å². The van der Waals surface area contributed by atoms with Crippen molar-refractivity contribution in [3.8, 4) is 0 Å². The molecule has 1 aromatic heterocycles. The van der Waals surface area contributed by atoms with Crippen LogP contribution in [-0.4, -0.2) is 13.4 Å². The first-order valence-electron chi connectivity index (χ1n) is 2.67. The van der Waals surface area contributed by atoms with Gasteiger partial charge in [0, 0.05) is 6.07 Å². The monoisotopic (exact) mass is 197 g/mol. The van der Waals surface area contributed by atoms with Gasteiger partial charge in [-0.3, -0.25) is 0 Å². The van der Waals surface area contributed by atoms with E-state index in [1.54, 1.807) is 0 Å². The van der Waals surface area contributed by atoms with Gasteiger partial charge in [0.05, 0.1) is 6.20 Å². The van der Waals surface area contributed by atoms with Crippen LogP contribution in [0.1, 0.15) is 0 Å². The van der Waals surface area contributed by atoms with Crippen LogP contribution >= 0.6 is 0 Å². The molecule has 0 amide bonds. The molecule has 0 aliphatic rings. The standard InChI is InChI=1S/C5H2F3NO2S/c6-4-1-3(12(8,10)11)2-9-5(4)7/h1-2H. The largest absolute Gasteiger partial charge is 0.333 e. The van der Waals surface area contributed by atoms with Crippen molar-refractivity contribution in [1.29, 1.82) is 0 Å². The van der Waals surface area contributed by atoms with Gasteiger partial charge >= 0.3 is 10.2 Å². The van der Waals surface area contributed by atoms with Crippen LogP contribution in [0.25, 0.3) is 0 Å². The highest BCUT2D eigenvalue weighted by atomic mass is 32.3. The zero-order valence-corrected chi connectivity index (χ0v) is 6.28. The number of halogens is 3. The number of aromatic nitrogens is 1. The van der Waals surface area contributed by atoms with Crippen LogP contribution in [0.3, 0.4) is 0 Å². The van der Waals surface area contributed by atoms with Gasteiger partial charge in [0.2, 0.25) is 5.95 Å². The highest BCUT2D eigenvalue weighted by Gasteiger charge is 2.15. The average Bonchev–Trinajstić information content (AvgIpc) is 1.92. The summed E-state index contributed by atoms with van der Waals surface area (Å²) in [4.78, 5) is 1.69. The molecule has 66 valence electrons. The van der Waals surface area contributed by atoms with Crippen molar-refractivity contribution in [2.75, 3.05) is 0 Å². The molecule has 1 rings (SSSR count). The van der Waals surface area contributed by atoms with E-state index in [-0.39, 0.29) is 6.07 Å². The van der Waals surface area contributed by atoms with E-state index >= 15 is 0 Å². The lowest BCUT2D eigenvalue weighted by molar-refractivity contribution is 0.473. The maximum Gasteiger partial charge on any atom is 0.333 e. The molecule has 12 heavy (non-hydrogen) atoms. The summed E-state index contributed by atoms with van der Waals surface area (Å²) in [6, 6.07) is 0.220. The second-order valence-corrected chi connectivity index (χ2v) is 3.23. The summed E-state index contributed by atoms with van der Waals surface area (Å²) in [5.41, 5.74) is 0. The number of rotatable bonds is 1. The smallest absolute Gasteiger partial charge is 0.224 e. The van der Waals surface area contributed by atoms with Crippen LogP contribution in [0.2, 0.25) is 0 Å². The van der Waals surface area contributed by atoms with Crippen LogP contribution < -0.4 is 0 Å². The van der Waals surface area contributed by atoms with E-state index < -0.39 is 26.9 Å². The number of hydrogen-bond acceptors (Lipinski definition) is 3. The van der Waals surface area contributed by atoms with E-state index in [2.05, 4.69) is 4.98 Å². The van der Waals surface area contributed by atoms with Gasteiger partial charge in [-0.25, -0.2) is 9.37 Å². The van der Waals surface area contributed by atoms with Gasteiger partial charge in [0.25, 0.3) is 0 Å². The molecule has 0 unspecified atom stereocenters. The molecule has 0 aromatic carbocycles. The van der Waals surface area contributed by atoms with E-state index in [1.807, 2.05) is 0 Å². The lowest BCUT2D eigenvalue weighted by atomic mass is 10.5. The molecule has 3 nitrogen and oxygen atoms in total. The minimum absolute atomic E-state index is 0.220. The molecule has 0 spiro atoms. The molecule has 0 atom stereocenters. The molecule has 0 N–H and O–H groups in total. The van der Waals surface area contributed by atoms with Crippen LogP contribution in [0.4, 0.5) is 12.7 Å². The average molecular weight is 197 g/mol. The third kappa shape index (κ3) is 1.73. The van der Waals surface area contributed by atoms with Crippen LogP contribution in [0, 0.1) is 11.8 Å². The molecule has 7 heteroatoms. The van der Waals surface area contributed by atoms with Gasteiger partial charge in [0.15, 0.2) is 5.82 Å². The molecule has 0 radical (unpaired) electrons. The number of pyridine rings is 1. The Morgan fingerprint density at radius 3 is 2.33 bits per heavy atom. The molecular weight excluding hydrogens is 195 g/mol. The quantitative estimate of drug-likeness (QED) is 0.498. The Balaban J connectivity index is 3.33. The van der Waals surface area contributed by atoms with Gasteiger partial charge in [-0.05, 0) is 0 Å². The highest BCUT2D eigenvalue weighted by Crippen LogP contribution is 2.12. The molecule has 0 bridgehead atoms. The fourth-order valence-electron chi connectivity index (χ4n) is 0.537. The topological polar surface area (TPSA) is 47.0 Å². The summed E-state index contributed by atoms with van der Waals surface area (Å²) in [6.45, 7) is 0. The Hall–Kier alpha value is -1.11. The maximum atomic E-state index is 12.2. The Bertz CT molecular complexity index is 403. The van der Waals surface area contributed by atoms with E-state index in [0.29, 0.717) is 6.20 Å². The van der Waals surface area contributed by atoms with Crippen LogP contribution in [-0.2, 0) is 10.2 Å². The number of nitrogens with zero attached hydrogens (tertiary/aromatic N) is 1. The fraction of sp³-hybridized carbons (Fsp3) is 0. The fourth-order valence-corrected chi connectivity index (χ4v) is 0.960. The predicted molar refractivity (Wildman–Crippen MR) is 32.4 cm³/mol. The van der Waals surface area contributed by atoms with Crippen LogP contribution in [0.5, 0.6) is 0 Å². The van der Waals surface area contributed by atoms with Crippen molar-refractivity contribution < 1.29 is 21.1 Å². The Morgan fingerprint density at radius 1 is 1.33 bits per heavy atom. The molecule has 1 aromatic rings. The second kappa shape index (κ2) is 2.74. The van der Waals surface area contributed by atoms with Crippen molar-refractivity contribution in [3.05, 3.63) is 24.0 Å². The molecule has 0 saturated carbocycles. The Labute approximate surface area is 66.1 Å².